The van der Waals surface area contributed by atoms with Crippen molar-refractivity contribution in [2.45, 2.75) is 39.3 Å². The molecule has 1 aromatic rings. The van der Waals surface area contributed by atoms with Crippen LogP contribution in [0, 0.1) is 6.92 Å². The average Bonchev–Trinajstić information content (AvgIpc) is 2.21. The van der Waals surface area contributed by atoms with Crippen molar-refractivity contribution >= 4 is 15.9 Å². The molecule has 0 bridgehead atoms. The second-order valence-electron chi connectivity index (χ2n) is 4.45. The van der Waals surface area contributed by atoms with Crippen LogP contribution in [0.1, 0.15) is 25.0 Å². The van der Waals surface area contributed by atoms with Crippen molar-refractivity contribution in [2.24, 2.45) is 5.73 Å². The summed E-state index contributed by atoms with van der Waals surface area (Å²) in [6.07, 6.45) is 2.60. The van der Waals surface area contributed by atoms with Gasteiger partial charge in [-0.15, -0.1) is 0 Å². The first-order chi connectivity index (χ1) is 7.93. The quantitative estimate of drug-likeness (QED) is 0.843. The van der Waals surface area contributed by atoms with Gasteiger partial charge in [0.1, 0.15) is 11.9 Å². The minimum atomic E-state index is 0.00158. The van der Waals surface area contributed by atoms with Gasteiger partial charge in [0, 0.05) is 10.5 Å². The Kier molecular flexibility index (Phi) is 5.22. The van der Waals surface area contributed by atoms with Crippen LogP contribution in [0.15, 0.2) is 29.3 Å². The van der Waals surface area contributed by atoms with Gasteiger partial charge in [-0.2, -0.15) is 0 Å². The molecule has 1 aromatic carbocycles. The molecule has 0 saturated carbocycles. The third-order valence-corrected chi connectivity index (χ3v) is 2.95. The largest absolute Gasteiger partial charge is 0.486 e. The van der Waals surface area contributed by atoms with Crippen LogP contribution in [0.25, 0.3) is 0 Å². The average molecular weight is 298 g/mol. The molecule has 0 aromatic heterocycles. The molecule has 2 atom stereocenters. The Labute approximate surface area is 112 Å². The van der Waals surface area contributed by atoms with Crippen molar-refractivity contribution in [1.82, 2.24) is 0 Å². The normalized spacial score (nSPS) is 14.2. The Hall–Kier alpha value is -0.800. The molecule has 1 rings (SSSR count). The van der Waals surface area contributed by atoms with E-state index in [0.29, 0.717) is 0 Å². The second-order valence-corrected chi connectivity index (χ2v) is 5.37. The first-order valence-corrected chi connectivity index (χ1v) is 6.57. The molecule has 0 aliphatic rings. The smallest absolute Gasteiger partial charge is 0.126 e. The van der Waals surface area contributed by atoms with Gasteiger partial charge in [0.15, 0.2) is 0 Å². The molecule has 17 heavy (non-hydrogen) atoms. The fourth-order valence-corrected chi connectivity index (χ4v) is 2.32. The minimum Gasteiger partial charge on any atom is -0.486 e. The predicted molar refractivity (Wildman–Crippen MR) is 76.5 cm³/mol. The lowest BCUT2D eigenvalue weighted by molar-refractivity contribution is 0.265. The van der Waals surface area contributed by atoms with E-state index in [9.17, 15) is 0 Å². The number of rotatable bonds is 5. The fourth-order valence-electron chi connectivity index (χ4n) is 1.70. The molecule has 2 nitrogen and oxygen atoms in total. The van der Waals surface area contributed by atoms with Crippen molar-refractivity contribution < 1.29 is 4.74 Å². The zero-order valence-corrected chi connectivity index (χ0v) is 12.3. The zero-order valence-electron chi connectivity index (χ0n) is 10.7. The van der Waals surface area contributed by atoms with Crippen LogP contribution in [-0.2, 0) is 6.42 Å². The van der Waals surface area contributed by atoms with Gasteiger partial charge >= 0.3 is 0 Å². The summed E-state index contributed by atoms with van der Waals surface area (Å²) < 4.78 is 6.95. The highest BCUT2D eigenvalue weighted by atomic mass is 79.9. The Bertz CT molecular complexity index is 401. The number of halogens is 1. The molecule has 2 N–H and O–H groups in total. The molecule has 2 unspecified atom stereocenters. The van der Waals surface area contributed by atoms with Crippen molar-refractivity contribution in [3.05, 3.63) is 40.4 Å². The zero-order chi connectivity index (χ0) is 13.0. The maximum Gasteiger partial charge on any atom is 0.126 e. The maximum absolute atomic E-state index is 5.89. The van der Waals surface area contributed by atoms with Crippen LogP contribution >= 0.6 is 15.9 Å². The summed E-state index contributed by atoms with van der Waals surface area (Å²) in [6.45, 7) is 9.75. The number of nitrogens with two attached hydrogens (primary N) is 1. The van der Waals surface area contributed by atoms with Crippen molar-refractivity contribution in [3.63, 3.8) is 0 Å². The number of hydrogen-bond donors (Lipinski definition) is 1. The van der Waals surface area contributed by atoms with Crippen molar-refractivity contribution in [1.29, 1.82) is 0 Å². The van der Waals surface area contributed by atoms with Crippen LogP contribution < -0.4 is 10.5 Å². The van der Waals surface area contributed by atoms with Gasteiger partial charge in [-0.3, -0.25) is 0 Å². The van der Waals surface area contributed by atoms with Gasteiger partial charge in [0.2, 0.25) is 0 Å². The summed E-state index contributed by atoms with van der Waals surface area (Å²) >= 11 is 3.50. The van der Waals surface area contributed by atoms with Gasteiger partial charge < -0.3 is 10.5 Å². The topological polar surface area (TPSA) is 35.2 Å². The Morgan fingerprint density at radius 3 is 2.65 bits per heavy atom. The Morgan fingerprint density at radius 2 is 2.12 bits per heavy atom. The molecule has 3 heteroatoms. The van der Waals surface area contributed by atoms with E-state index in [-0.39, 0.29) is 12.1 Å². The van der Waals surface area contributed by atoms with Crippen LogP contribution in [0.5, 0.6) is 5.75 Å². The molecular weight excluding hydrogens is 278 g/mol. The van der Waals surface area contributed by atoms with Gasteiger partial charge in [-0.1, -0.05) is 28.6 Å². The molecule has 0 spiro atoms. The Morgan fingerprint density at radius 1 is 1.47 bits per heavy atom. The number of benzene rings is 1. The molecule has 0 aliphatic heterocycles. The molecular formula is C14H20BrNO. The molecule has 0 saturated heterocycles. The molecule has 0 aliphatic carbocycles. The van der Waals surface area contributed by atoms with E-state index in [2.05, 4.69) is 34.6 Å². The van der Waals surface area contributed by atoms with Crippen molar-refractivity contribution in [3.8, 4) is 5.75 Å². The first-order valence-electron chi connectivity index (χ1n) is 5.77. The summed E-state index contributed by atoms with van der Waals surface area (Å²) in [5.41, 5.74) is 8.12. The van der Waals surface area contributed by atoms with Gasteiger partial charge in [-0.05, 0) is 50.5 Å². The molecule has 94 valence electrons. The monoisotopic (exact) mass is 297 g/mol. The lowest BCUT2D eigenvalue weighted by Crippen LogP contribution is -2.19. The third-order valence-electron chi connectivity index (χ3n) is 2.49. The summed E-state index contributed by atoms with van der Waals surface area (Å²) in [4.78, 5) is 0. The maximum atomic E-state index is 5.89. The lowest BCUT2D eigenvalue weighted by atomic mass is 10.0. The minimum absolute atomic E-state index is 0.00158. The van der Waals surface area contributed by atoms with E-state index < -0.39 is 0 Å². The fraction of sp³-hybridized carbons (Fsp3) is 0.429. The highest BCUT2D eigenvalue weighted by molar-refractivity contribution is 9.10. The molecule has 0 amide bonds. The van der Waals surface area contributed by atoms with E-state index in [1.54, 1.807) is 6.08 Å². The predicted octanol–water partition coefficient (Wildman–Crippen LogP) is 3.60. The van der Waals surface area contributed by atoms with Gasteiger partial charge in [0.05, 0.1) is 0 Å². The van der Waals surface area contributed by atoms with Gasteiger partial charge in [-0.25, -0.2) is 0 Å². The lowest BCUT2D eigenvalue weighted by Gasteiger charge is -2.18. The summed E-state index contributed by atoms with van der Waals surface area (Å²) in [5.74, 6) is 0.929. The highest BCUT2D eigenvalue weighted by Gasteiger charge is 2.12. The molecule has 0 heterocycles. The summed E-state index contributed by atoms with van der Waals surface area (Å²) in [5, 5.41) is 0. The standard InChI is InChI=1S/C14H20BrNO/c1-5-11(4)17-14-9(2)6-13(15)8-12(14)7-10(3)16/h5-6,8,10-11H,1,7,16H2,2-4H3. The van der Waals surface area contributed by atoms with Gasteiger partial charge in [0.25, 0.3) is 0 Å². The van der Waals surface area contributed by atoms with E-state index in [1.165, 1.54) is 0 Å². The van der Waals surface area contributed by atoms with Crippen molar-refractivity contribution in [2.75, 3.05) is 0 Å². The summed E-state index contributed by atoms with van der Waals surface area (Å²) in [6, 6.07) is 4.24. The summed E-state index contributed by atoms with van der Waals surface area (Å²) in [7, 11) is 0. The van der Waals surface area contributed by atoms with Crippen LogP contribution in [0.4, 0.5) is 0 Å². The first kappa shape index (κ1) is 14.3. The SMILES string of the molecule is C=CC(C)Oc1c(C)cc(Br)cc1CC(C)N. The second kappa shape index (κ2) is 6.22. The molecule has 0 fully saturated rings. The number of ether oxygens (including phenoxy) is 1. The number of hydrogen-bond acceptors (Lipinski definition) is 2. The third kappa shape index (κ3) is 4.17. The van der Waals surface area contributed by atoms with Crippen LogP contribution in [0.3, 0.4) is 0 Å². The number of aryl methyl sites for hydroxylation is 1. The van der Waals surface area contributed by atoms with Crippen LogP contribution in [-0.4, -0.2) is 12.1 Å². The van der Waals surface area contributed by atoms with E-state index >= 15 is 0 Å². The van der Waals surface area contributed by atoms with E-state index in [4.69, 9.17) is 10.5 Å². The van der Waals surface area contributed by atoms with Crippen LogP contribution in [0.2, 0.25) is 0 Å². The molecule has 0 radical (unpaired) electrons. The Balaban J connectivity index is 3.10. The van der Waals surface area contributed by atoms with E-state index in [1.807, 2.05) is 20.8 Å². The highest BCUT2D eigenvalue weighted by Crippen LogP contribution is 2.29. The van der Waals surface area contributed by atoms with E-state index in [0.717, 1.165) is 27.8 Å².